The molecule has 0 aliphatic heterocycles. The molecule has 1 N–H and O–H groups in total. The van der Waals surface area contributed by atoms with E-state index >= 15 is 0 Å². The molecule has 228 valence electrons. The van der Waals surface area contributed by atoms with Crippen LogP contribution in [0.4, 0.5) is 0 Å². The van der Waals surface area contributed by atoms with Crippen LogP contribution in [0.3, 0.4) is 0 Å². The van der Waals surface area contributed by atoms with Gasteiger partial charge in [0.1, 0.15) is 0 Å². The van der Waals surface area contributed by atoms with Gasteiger partial charge in [0, 0.05) is 5.25 Å². The van der Waals surface area contributed by atoms with Crippen molar-refractivity contribution in [3.05, 3.63) is 0 Å². The number of ether oxygens (including phenoxy) is 2. The number of carbonyl (C=O) groups excluding carboxylic acids is 1. The highest BCUT2D eigenvalue weighted by molar-refractivity contribution is 7.99. The zero-order valence-electron chi connectivity index (χ0n) is 25.4. The number of hydrogen-bond donors (Lipinski definition) is 1. The van der Waals surface area contributed by atoms with E-state index in [1.54, 1.807) is 6.92 Å². The molecular weight excluding hydrogens is 519 g/mol. The van der Waals surface area contributed by atoms with Gasteiger partial charge in [-0.3, -0.25) is 4.57 Å². The first kappa shape index (κ1) is 37.9. The zero-order chi connectivity index (χ0) is 28.5. The summed E-state index contributed by atoms with van der Waals surface area (Å²) in [5, 5.41) is 0.155. The average molecular weight is 581 g/mol. The Kier molecular flexibility index (Phi) is 25.8. The second-order valence-electron chi connectivity index (χ2n) is 10.5. The van der Waals surface area contributed by atoms with E-state index in [1.165, 1.54) is 96.3 Å². The van der Waals surface area contributed by atoms with Crippen LogP contribution in [0.5, 0.6) is 0 Å². The highest BCUT2D eigenvalue weighted by atomic mass is 32.2. The van der Waals surface area contributed by atoms with Crippen molar-refractivity contribution in [2.45, 2.75) is 167 Å². The third kappa shape index (κ3) is 19.9. The molecule has 0 aromatic heterocycles. The molecule has 0 spiro atoms. The molecule has 0 aromatic carbocycles. The summed E-state index contributed by atoms with van der Waals surface area (Å²) in [4.78, 5) is 23.1. The van der Waals surface area contributed by atoms with E-state index in [4.69, 9.17) is 14.0 Å². The van der Waals surface area contributed by atoms with E-state index in [0.29, 0.717) is 6.42 Å². The van der Waals surface area contributed by atoms with Crippen LogP contribution in [0.1, 0.15) is 150 Å². The van der Waals surface area contributed by atoms with Gasteiger partial charge in [0.05, 0.1) is 19.3 Å². The van der Waals surface area contributed by atoms with Crippen LogP contribution in [0, 0.1) is 0 Å². The SMILES string of the molecule is CCCCCCCCCCCCSC(CCCCCCCC)C(C)OC(C(=O)OCC)P(=O)(O)OCCC. The van der Waals surface area contributed by atoms with Crippen LogP contribution in [0.15, 0.2) is 0 Å². The van der Waals surface area contributed by atoms with Crippen molar-refractivity contribution in [2.24, 2.45) is 0 Å². The highest BCUT2D eigenvalue weighted by Crippen LogP contribution is 2.49. The average Bonchev–Trinajstić information content (AvgIpc) is 2.89. The largest absolute Gasteiger partial charge is 0.464 e. The Morgan fingerprint density at radius 3 is 1.76 bits per heavy atom. The van der Waals surface area contributed by atoms with Gasteiger partial charge >= 0.3 is 13.6 Å². The first-order valence-corrected chi connectivity index (χ1v) is 18.4. The van der Waals surface area contributed by atoms with Gasteiger partial charge in [-0.25, -0.2) is 4.79 Å². The molecule has 0 saturated heterocycles. The maximum atomic E-state index is 12.9. The quantitative estimate of drug-likeness (QED) is 0.0560. The van der Waals surface area contributed by atoms with E-state index in [-0.39, 0.29) is 24.6 Å². The number of unbranched alkanes of at least 4 members (excludes halogenated alkanes) is 14. The Balaban J connectivity index is 4.84. The zero-order valence-corrected chi connectivity index (χ0v) is 27.1. The lowest BCUT2D eigenvalue weighted by atomic mass is 10.1. The van der Waals surface area contributed by atoms with Crippen molar-refractivity contribution in [2.75, 3.05) is 19.0 Å². The smallest absolute Gasteiger partial charge is 0.368 e. The minimum atomic E-state index is -4.31. The first-order chi connectivity index (χ1) is 18.3. The molecule has 4 unspecified atom stereocenters. The van der Waals surface area contributed by atoms with Crippen LogP contribution in [-0.4, -0.2) is 47.0 Å². The van der Waals surface area contributed by atoms with Crippen molar-refractivity contribution >= 4 is 25.3 Å². The van der Waals surface area contributed by atoms with E-state index in [2.05, 4.69) is 13.8 Å². The molecule has 8 heteroatoms. The lowest BCUT2D eigenvalue weighted by molar-refractivity contribution is -0.154. The van der Waals surface area contributed by atoms with Crippen molar-refractivity contribution in [1.29, 1.82) is 0 Å². The standard InChI is InChI=1S/C30H61O6PS/c1-6-10-12-14-16-17-18-19-21-23-26-38-28(24-22-20-15-13-11-7-2)27(5)36-30(29(31)34-9-4)37(32,33)35-25-8-3/h27-28,30H,6-26H2,1-5H3,(H,32,33). The molecule has 38 heavy (non-hydrogen) atoms. The first-order valence-electron chi connectivity index (χ1n) is 15.7. The summed E-state index contributed by atoms with van der Waals surface area (Å²) >= 11 is 1.88. The number of thioether (sulfide) groups is 1. The van der Waals surface area contributed by atoms with Crippen LogP contribution < -0.4 is 0 Å². The molecule has 0 aromatic rings. The van der Waals surface area contributed by atoms with Crippen LogP contribution >= 0.6 is 19.4 Å². The Hall–Kier alpha value is -0.0700. The summed E-state index contributed by atoms with van der Waals surface area (Å²) in [6.07, 6.45) is 21.6. The molecule has 0 rings (SSSR count). The molecule has 6 nitrogen and oxygen atoms in total. The number of rotatable bonds is 28. The number of carbonyl (C=O) groups is 1. The Morgan fingerprint density at radius 2 is 1.26 bits per heavy atom. The van der Waals surface area contributed by atoms with Gasteiger partial charge in [-0.05, 0) is 38.9 Å². The monoisotopic (exact) mass is 580 g/mol. The van der Waals surface area contributed by atoms with E-state index in [1.807, 2.05) is 25.6 Å². The molecule has 0 aliphatic carbocycles. The van der Waals surface area contributed by atoms with E-state index < -0.39 is 19.4 Å². The third-order valence-electron chi connectivity index (χ3n) is 6.80. The molecule has 0 heterocycles. The Labute approximate surface area is 239 Å². The summed E-state index contributed by atoms with van der Waals surface area (Å²) in [5.74, 6) is -1.38. The molecule has 0 saturated carbocycles. The summed E-state index contributed by atoms with van der Waals surface area (Å²) in [6, 6.07) is 0. The van der Waals surface area contributed by atoms with Gasteiger partial charge in [0.2, 0.25) is 0 Å². The van der Waals surface area contributed by atoms with E-state index in [9.17, 15) is 14.3 Å². The fraction of sp³-hybridized carbons (Fsp3) is 0.967. The van der Waals surface area contributed by atoms with Gasteiger partial charge in [-0.2, -0.15) is 11.8 Å². The van der Waals surface area contributed by atoms with Gasteiger partial charge < -0.3 is 18.9 Å². The van der Waals surface area contributed by atoms with Gasteiger partial charge in [-0.1, -0.05) is 117 Å². The van der Waals surface area contributed by atoms with Crippen molar-refractivity contribution < 1.29 is 28.3 Å². The lowest BCUT2D eigenvalue weighted by Gasteiger charge is -2.29. The Bertz CT molecular complexity index is 591. The predicted octanol–water partition coefficient (Wildman–Crippen LogP) is 9.67. The number of esters is 1. The van der Waals surface area contributed by atoms with Crippen LogP contribution in [-0.2, 0) is 23.4 Å². The third-order valence-corrected chi connectivity index (χ3v) is 9.85. The van der Waals surface area contributed by atoms with Gasteiger partial charge in [0.15, 0.2) is 0 Å². The highest BCUT2D eigenvalue weighted by Gasteiger charge is 2.43. The molecular formula is C30H61O6PS. The van der Waals surface area contributed by atoms with Gasteiger partial charge in [0.25, 0.3) is 5.85 Å². The molecule has 0 aliphatic rings. The molecule has 0 fully saturated rings. The molecule has 0 radical (unpaired) electrons. The summed E-state index contributed by atoms with van der Waals surface area (Å²) in [7, 11) is -4.31. The fourth-order valence-corrected chi connectivity index (χ4v) is 7.07. The topological polar surface area (TPSA) is 82.1 Å². The normalized spacial score (nSPS) is 15.6. The summed E-state index contributed by atoms with van der Waals surface area (Å²) in [6.45, 7) is 10.1. The second kappa shape index (κ2) is 25.9. The maximum Gasteiger partial charge on any atom is 0.368 e. The predicted molar refractivity (Wildman–Crippen MR) is 163 cm³/mol. The summed E-state index contributed by atoms with van der Waals surface area (Å²) in [5.41, 5.74) is 0. The molecule has 0 amide bonds. The lowest BCUT2D eigenvalue weighted by Crippen LogP contribution is -2.35. The van der Waals surface area contributed by atoms with Crippen molar-refractivity contribution in [3.63, 3.8) is 0 Å². The van der Waals surface area contributed by atoms with Crippen LogP contribution in [0.2, 0.25) is 0 Å². The molecule has 4 atom stereocenters. The molecule has 0 bridgehead atoms. The minimum absolute atomic E-state index is 0.0934. The maximum absolute atomic E-state index is 12.9. The van der Waals surface area contributed by atoms with Crippen molar-refractivity contribution in [1.82, 2.24) is 0 Å². The minimum Gasteiger partial charge on any atom is -0.464 e. The second-order valence-corrected chi connectivity index (χ2v) is 13.7. The summed E-state index contributed by atoms with van der Waals surface area (Å²) < 4.78 is 29.1. The van der Waals surface area contributed by atoms with Gasteiger partial charge in [-0.15, -0.1) is 0 Å². The Morgan fingerprint density at radius 1 is 0.763 bits per heavy atom. The van der Waals surface area contributed by atoms with Crippen molar-refractivity contribution in [3.8, 4) is 0 Å². The number of hydrogen-bond acceptors (Lipinski definition) is 6. The van der Waals surface area contributed by atoms with E-state index in [0.717, 1.165) is 18.6 Å². The van der Waals surface area contributed by atoms with Crippen LogP contribution in [0.25, 0.3) is 0 Å². The fourth-order valence-electron chi connectivity index (χ4n) is 4.46.